The van der Waals surface area contributed by atoms with Crippen LogP contribution < -0.4 is 5.32 Å². The van der Waals surface area contributed by atoms with Gasteiger partial charge in [-0.1, -0.05) is 40.5 Å². The molecular formula is C11H15BrClN. The molecule has 1 nitrogen and oxygen atoms in total. The molecule has 1 aromatic rings. The number of benzene rings is 1. The van der Waals surface area contributed by atoms with E-state index in [1.54, 1.807) is 0 Å². The molecule has 0 radical (unpaired) electrons. The first-order valence-electron chi connectivity index (χ1n) is 4.88. The molecule has 0 saturated carbocycles. The monoisotopic (exact) mass is 275 g/mol. The van der Waals surface area contributed by atoms with Crippen LogP contribution in [0.15, 0.2) is 22.7 Å². The second-order valence-electron chi connectivity index (χ2n) is 3.24. The van der Waals surface area contributed by atoms with Crippen molar-refractivity contribution in [3.63, 3.8) is 0 Å². The molecule has 0 aliphatic heterocycles. The van der Waals surface area contributed by atoms with Crippen LogP contribution in [0.5, 0.6) is 0 Å². The SMILES string of the molecule is CCCNCCc1ccc(Br)cc1Cl. The Hall–Kier alpha value is -0.0500. The molecule has 1 N–H and O–H groups in total. The van der Waals surface area contributed by atoms with Gasteiger partial charge in [0.15, 0.2) is 0 Å². The van der Waals surface area contributed by atoms with Gasteiger partial charge in [0.05, 0.1) is 0 Å². The van der Waals surface area contributed by atoms with Crippen molar-refractivity contribution in [2.24, 2.45) is 0 Å². The summed E-state index contributed by atoms with van der Waals surface area (Å²) >= 11 is 9.47. The maximum Gasteiger partial charge on any atom is 0.0449 e. The standard InChI is InChI=1S/C11H15BrClN/c1-2-6-14-7-5-9-3-4-10(12)8-11(9)13/h3-4,8,14H,2,5-7H2,1H3. The molecule has 0 heterocycles. The van der Waals surface area contributed by atoms with Gasteiger partial charge >= 0.3 is 0 Å². The Labute approximate surface area is 99.0 Å². The lowest BCUT2D eigenvalue weighted by atomic mass is 10.1. The van der Waals surface area contributed by atoms with E-state index >= 15 is 0 Å². The third-order valence-corrected chi connectivity index (χ3v) is 2.86. The third-order valence-electron chi connectivity index (χ3n) is 2.01. The Balaban J connectivity index is 2.42. The van der Waals surface area contributed by atoms with E-state index in [0.29, 0.717) is 0 Å². The van der Waals surface area contributed by atoms with Crippen LogP contribution in [0.25, 0.3) is 0 Å². The van der Waals surface area contributed by atoms with E-state index in [0.717, 1.165) is 29.0 Å². The average Bonchev–Trinajstić information content (AvgIpc) is 2.15. The summed E-state index contributed by atoms with van der Waals surface area (Å²) in [4.78, 5) is 0. The van der Waals surface area contributed by atoms with Crippen LogP contribution in [0.2, 0.25) is 5.02 Å². The lowest BCUT2D eigenvalue weighted by molar-refractivity contribution is 0.671. The molecule has 0 aliphatic carbocycles. The van der Waals surface area contributed by atoms with Crippen LogP contribution in [0, 0.1) is 0 Å². The van der Waals surface area contributed by atoms with Crippen LogP contribution in [-0.4, -0.2) is 13.1 Å². The molecule has 3 heteroatoms. The molecule has 0 spiro atoms. The normalized spacial score (nSPS) is 10.5. The number of hydrogen-bond donors (Lipinski definition) is 1. The highest BCUT2D eigenvalue weighted by molar-refractivity contribution is 9.10. The van der Waals surface area contributed by atoms with Crippen LogP contribution in [0.3, 0.4) is 0 Å². The first kappa shape index (κ1) is 12.0. The Kier molecular flexibility index (Phi) is 5.53. The van der Waals surface area contributed by atoms with Crippen molar-refractivity contribution in [2.45, 2.75) is 19.8 Å². The minimum Gasteiger partial charge on any atom is -0.316 e. The second-order valence-corrected chi connectivity index (χ2v) is 4.56. The van der Waals surface area contributed by atoms with Crippen LogP contribution >= 0.6 is 27.5 Å². The van der Waals surface area contributed by atoms with Crippen molar-refractivity contribution in [1.82, 2.24) is 5.32 Å². The molecule has 1 aromatic carbocycles. The maximum absolute atomic E-state index is 6.08. The summed E-state index contributed by atoms with van der Waals surface area (Å²) in [5.41, 5.74) is 1.21. The van der Waals surface area contributed by atoms with Crippen LogP contribution in [0.1, 0.15) is 18.9 Å². The Bertz CT molecular complexity index is 289. The Morgan fingerprint density at radius 1 is 1.36 bits per heavy atom. The van der Waals surface area contributed by atoms with Crippen LogP contribution in [0.4, 0.5) is 0 Å². The van der Waals surface area contributed by atoms with E-state index in [1.807, 2.05) is 12.1 Å². The largest absolute Gasteiger partial charge is 0.316 e. The van der Waals surface area contributed by atoms with E-state index in [-0.39, 0.29) is 0 Å². The van der Waals surface area contributed by atoms with E-state index in [9.17, 15) is 0 Å². The molecule has 0 unspecified atom stereocenters. The molecule has 14 heavy (non-hydrogen) atoms. The van der Waals surface area contributed by atoms with Crippen molar-refractivity contribution < 1.29 is 0 Å². The molecule has 0 aromatic heterocycles. The van der Waals surface area contributed by atoms with Gasteiger partial charge in [-0.15, -0.1) is 0 Å². The molecule has 0 saturated heterocycles. The first-order chi connectivity index (χ1) is 6.74. The topological polar surface area (TPSA) is 12.0 Å². The maximum atomic E-state index is 6.08. The summed E-state index contributed by atoms with van der Waals surface area (Å²) in [6.45, 7) is 4.24. The predicted octanol–water partition coefficient (Wildman–Crippen LogP) is 3.64. The van der Waals surface area contributed by atoms with Crippen molar-refractivity contribution in [2.75, 3.05) is 13.1 Å². The first-order valence-corrected chi connectivity index (χ1v) is 6.05. The van der Waals surface area contributed by atoms with Gasteiger partial charge in [-0.3, -0.25) is 0 Å². The molecular weight excluding hydrogens is 261 g/mol. The number of hydrogen-bond acceptors (Lipinski definition) is 1. The molecule has 0 aliphatic rings. The fourth-order valence-electron chi connectivity index (χ4n) is 1.25. The van der Waals surface area contributed by atoms with Crippen molar-refractivity contribution >= 4 is 27.5 Å². The molecule has 0 amide bonds. The van der Waals surface area contributed by atoms with Gasteiger partial charge in [-0.2, -0.15) is 0 Å². The van der Waals surface area contributed by atoms with E-state index in [4.69, 9.17) is 11.6 Å². The Morgan fingerprint density at radius 2 is 2.14 bits per heavy atom. The molecule has 0 atom stereocenters. The van der Waals surface area contributed by atoms with Gasteiger partial charge in [0, 0.05) is 9.50 Å². The van der Waals surface area contributed by atoms with Gasteiger partial charge in [0.1, 0.15) is 0 Å². The lowest BCUT2D eigenvalue weighted by Crippen LogP contribution is -2.17. The second kappa shape index (κ2) is 6.44. The number of rotatable bonds is 5. The fourth-order valence-corrected chi connectivity index (χ4v) is 2.02. The van der Waals surface area contributed by atoms with Gasteiger partial charge in [0.2, 0.25) is 0 Å². The highest BCUT2D eigenvalue weighted by atomic mass is 79.9. The predicted molar refractivity (Wildman–Crippen MR) is 66.0 cm³/mol. The highest BCUT2D eigenvalue weighted by Gasteiger charge is 1.99. The number of nitrogens with one attached hydrogen (secondary N) is 1. The minimum atomic E-state index is 0.845. The van der Waals surface area contributed by atoms with Crippen molar-refractivity contribution in [1.29, 1.82) is 0 Å². The van der Waals surface area contributed by atoms with Gasteiger partial charge in [0.25, 0.3) is 0 Å². The van der Waals surface area contributed by atoms with E-state index in [2.05, 4.69) is 34.2 Å². The molecule has 78 valence electrons. The molecule has 1 rings (SSSR count). The van der Waals surface area contributed by atoms with Gasteiger partial charge in [-0.05, 0) is 43.6 Å². The molecule has 0 bridgehead atoms. The summed E-state index contributed by atoms with van der Waals surface area (Å²) < 4.78 is 1.03. The van der Waals surface area contributed by atoms with Gasteiger partial charge in [-0.25, -0.2) is 0 Å². The highest BCUT2D eigenvalue weighted by Crippen LogP contribution is 2.21. The smallest absolute Gasteiger partial charge is 0.0449 e. The third kappa shape index (κ3) is 3.99. The fraction of sp³-hybridized carbons (Fsp3) is 0.455. The van der Waals surface area contributed by atoms with E-state index < -0.39 is 0 Å². The van der Waals surface area contributed by atoms with Crippen molar-refractivity contribution in [3.05, 3.63) is 33.3 Å². The van der Waals surface area contributed by atoms with E-state index in [1.165, 1.54) is 12.0 Å². The molecule has 0 fully saturated rings. The quantitative estimate of drug-likeness (QED) is 0.810. The summed E-state index contributed by atoms with van der Waals surface area (Å²) in [5.74, 6) is 0. The zero-order chi connectivity index (χ0) is 10.4. The Morgan fingerprint density at radius 3 is 2.79 bits per heavy atom. The summed E-state index contributed by atoms with van der Waals surface area (Å²) in [6.07, 6.45) is 2.17. The van der Waals surface area contributed by atoms with Gasteiger partial charge < -0.3 is 5.32 Å². The number of halogens is 2. The van der Waals surface area contributed by atoms with Crippen LogP contribution in [-0.2, 0) is 6.42 Å². The zero-order valence-electron chi connectivity index (χ0n) is 8.32. The zero-order valence-corrected chi connectivity index (χ0v) is 10.7. The summed E-state index contributed by atoms with van der Waals surface area (Å²) in [5, 5.41) is 4.20. The lowest BCUT2D eigenvalue weighted by Gasteiger charge is -2.05. The van der Waals surface area contributed by atoms with Crippen molar-refractivity contribution in [3.8, 4) is 0 Å². The average molecular weight is 277 g/mol. The summed E-state index contributed by atoms with van der Waals surface area (Å²) in [6, 6.07) is 6.04. The summed E-state index contributed by atoms with van der Waals surface area (Å²) in [7, 11) is 0. The minimum absolute atomic E-state index is 0.845.